The van der Waals surface area contributed by atoms with Crippen molar-refractivity contribution in [3.63, 3.8) is 0 Å². The number of rotatable bonds is 4. The van der Waals surface area contributed by atoms with Gasteiger partial charge in [0.25, 0.3) is 0 Å². The van der Waals surface area contributed by atoms with Crippen molar-refractivity contribution in [1.82, 2.24) is 10.2 Å². The Balaban J connectivity index is 2.34. The maximum atomic E-state index is 9.67. The molecule has 1 atom stereocenters. The molecule has 130 valence electrons. The van der Waals surface area contributed by atoms with Crippen molar-refractivity contribution in [2.24, 2.45) is 5.73 Å². The first-order chi connectivity index (χ1) is 12.0. The molecule has 0 bridgehead atoms. The summed E-state index contributed by atoms with van der Waals surface area (Å²) in [5.41, 5.74) is 8.35. The molecule has 1 aliphatic heterocycles. The average molecular weight is 342 g/mol. The van der Waals surface area contributed by atoms with E-state index >= 15 is 0 Å². The minimum atomic E-state index is -0.539. The van der Waals surface area contributed by atoms with Gasteiger partial charge >= 0.3 is 0 Å². The van der Waals surface area contributed by atoms with E-state index in [9.17, 15) is 5.26 Å². The molecule has 2 aromatic rings. The quantitative estimate of drug-likeness (QED) is 0.872. The number of ether oxygens (including phenoxy) is 4. The zero-order valence-electron chi connectivity index (χ0n) is 14.3. The molecule has 3 rings (SSSR count). The standard InChI is InChI=1S/C17H18N4O4/c1-8-13-14(10(7-18)16(19)25-17(13)21-20-8)15-11(23-3)5-9(22-2)6-12(15)24-4/h5-6,14H,19H2,1-4H3,(H,20,21). The van der Waals surface area contributed by atoms with Gasteiger partial charge in [-0.25, -0.2) is 0 Å². The van der Waals surface area contributed by atoms with Crippen LogP contribution in [-0.2, 0) is 0 Å². The van der Waals surface area contributed by atoms with Crippen LogP contribution in [0, 0.1) is 18.3 Å². The number of hydrogen-bond donors (Lipinski definition) is 2. The molecule has 2 heterocycles. The lowest BCUT2D eigenvalue weighted by atomic mass is 9.83. The minimum Gasteiger partial charge on any atom is -0.496 e. The van der Waals surface area contributed by atoms with Crippen LogP contribution >= 0.6 is 0 Å². The summed E-state index contributed by atoms with van der Waals surface area (Å²) in [6.45, 7) is 1.85. The van der Waals surface area contributed by atoms with Crippen LogP contribution in [0.15, 0.2) is 23.6 Å². The van der Waals surface area contributed by atoms with E-state index in [-0.39, 0.29) is 11.5 Å². The second-order valence-corrected chi connectivity index (χ2v) is 5.44. The number of nitrogens with zero attached hydrogens (tertiary/aromatic N) is 2. The van der Waals surface area contributed by atoms with Gasteiger partial charge in [-0.05, 0) is 6.92 Å². The number of fused-ring (bicyclic) bond motifs is 1. The fourth-order valence-electron chi connectivity index (χ4n) is 3.00. The van der Waals surface area contributed by atoms with Crippen molar-refractivity contribution in [1.29, 1.82) is 5.26 Å². The van der Waals surface area contributed by atoms with Crippen LogP contribution < -0.4 is 24.7 Å². The molecule has 0 fully saturated rings. The van der Waals surface area contributed by atoms with Crippen molar-refractivity contribution in [3.05, 3.63) is 40.4 Å². The van der Waals surface area contributed by atoms with Crippen molar-refractivity contribution in [3.8, 4) is 29.2 Å². The van der Waals surface area contributed by atoms with Gasteiger partial charge in [-0.1, -0.05) is 0 Å². The molecule has 8 nitrogen and oxygen atoms in total. The van der Waals surface area contributed by atoms with Gasteiger partial charge in [-0.15, -0.1) is 5.10 Å². The monoisotopic (exact) mass is 342 g/mol. The van der Waals surface area contributed by atoms with Crippen molar-refractivity contribution >= 4 is 0 Å². The lowest BCUT2D eigenvalue weighted by Crippen LogP contribution is -2.21. The molecule has 3 N–H and O–H groups in total. The van der Waals surface area contributed by atoms with Crippen LogP contribution in [0.4, 0.5) is 0 Å². The molecule has 1 unspecified atom stereocenters. The number of benzene rings is 1. The second-order valence-electron chi connectivity index (χ2n) is 5.44. The van der Waals surface area contributed by atoms with Crippen LogP contribution in [0.25, 0.3) is 0 Å². The summed E-state index contributed by atoms with van der Waals surface area (Å²) in [4.78, 5) is 0. The van der Waals surface area contributed by atoms with Crippen LogP contribution in [0.2, 0.25) is 0 Å². The molecule has 1 aliphatic rings. The van der Waals surface area contributed by atoms with E-state index in [1.165, 1.54) is 0 Å². The largest absolute Gasteiger partial charge is 0.496 e. The Morgan fingerprint density at radius 2 is 1.80 bits per heavy atom. The summed E-state index contributed by atoms with van der Waals surface area (Å²) in [6.07, 6.45) is 0. The summed E-state index contributed by atoms with van der Waals surface area (Å²) in [5.74, 6) is 1.39. The van der Waals surface area contributed by atoms with Gasteiger partial charge in [0.2, 0.25) is 11.8 Å². The first-order valence-corrected chi connectivity index (χ1v) is 7.48. The Morgan fingerprint density at radius 1 is 1.16 bits per heavy atom. The molecule has 0 radical (unpaired) electrons. The van der Waals surface area contributed by atoms with Gasteiger partial charge < -0.3 is 24.7 Å². The SMILES string of the molecule is COc1cc(OC)c(C2C(C#N)=C(N)Oc3n[nH]c(C)c32)c(OC)c1. The number of methoxy groups -OCH3 is 3. The molecule has 8 heteroatoms. The predicted molar refractivity (Wildman–Crippen MR) is 88.7 cm³/mol. The molecular formula is C17H18N4O4. The topological polar surface area (TPSA) is 115 Å². The number of aromatic nitrogens is 2. The van der Waals surface area contributed by atoms with Crippen molar-refractivity contribution in [2.45, 2.75) is 12.8 Å². The van der Waals surface area contributed by atoms with E-state index in [0.717, 1.165) is 5.69 Å². The normalized spacial score (nSPS) is 15.9. The van der Waals surface area contributed by atoms with Gasteiger partial charge in [-0.2, -0.15) is 5.26 Å². The molecule has 0 spiro atoms. The van der Waals surface area contributed by atoms with Gasteiger partial charge in [0, 0.05) is 29.0 Å². The van der Waals surface area contributed by atoms with E-state index < -0.39 is 5.92 Å². The molecule has 0 saturated carbocycles. The van der Waals surface area contributed by atoms with E-state index in [1.54, 1.807) is 33.5 Å². The Labute approximate surface area is 144 Å². The number of hydrogen-bond acceptors (Lipinski definition) is 7. The minimum absolute atomic E-state index is 0.00595. The third kappa shape index (κ3) is 2.50. The van der Waals surface area contributed by atoms with Gasteiger partial charge in [-0.3, -0.25) is 5.10 Å². The fourth-order valence-corrected chi connectivity index (χ4v) is 3.00. The Morgan fingerprint density at radius 3 is 2.32 bits per heavy atom. The smallest absolute Gasteiger partial charge is 0.244 e. The lowest BCUT2D eigenvalue weighted by Gasteiger charge is -2.26. The molecule has 25 heavy (non-hydrogen) atoms. The van der Waals surface area contributed by atoms with Crippen LogP contribution in [0.1, 0.15) is 22.7 Å². The van der Waals surface area contributed by atoms with Crippen LogP contribution in [-0.4, -0.2) is 31.5 Å². The first kappa shape index (κ1) is 16.5. The van der Waals surface area contributed by atoms with E-state index in [0.29, 0.717) is 34.3 Å². The highest BCUT2D eigenvalue weighted by atomic mass is 16.5. The third-order valence-corrected chi connectivity index (χ3v) is 4.17. The zero-order valence-corrected chi connectivity index (χ0v) is 14.3. The van der Waals surface area contributed by atoms with Crippen LogP contribution in [0.3, 0.4) is 0 Å². The average Bonchev–Trinajstić information content (AvgIpc) is 2.99. The number of aryl methyl sites for hydroxylation is 1. The summed E-state index contributed by atoms with van der Waals surface area (Å²) < 4.78 is 21.9. The molecule has 0 saturated heterocycles. The Bertz CT molecular complexity index is 870. The second kappa shape index (κ2) is 6.28. The van der Waals surface area contributed by atoms with E-state index in [2.05, 4.69) is 16.3 Å². The number of H-pyrrole nitrogens is 1. The number of allylic oxidation sites excluding steroid dienone is 1. The Hall–Kier alpha value is -3.34. The number of aromatic amines is 1. The fraction of sp³-hybridized carbons (Fsp3) is 0.294. The Kier molecular flexibility index (Phi) is 4.15. The number of nitriles is 1. The summed E-state index contributed by atoms with van der Waals surface area (Å²) in [7, 11) is 4.64. The zero-order chi connectivity index (χ0) is 18.1. The number of nitrogens with one attached hydrogen (secondary N) is 1. The summed E-state index contributed by atoms with van der Waals surface area (Å²) >= 11 is 0. The highest BCUT2D eigenvalue weighted by Gasteiger charge is 2.38. The third-order valence-electron chi connectivity index (χ3n) is 4.17. The molecule has 1 aromatic carbocycles. The van der Waals surface area contributed by atoms with Gasteiger partial charge in [0.1, 0.15) is 28.9 Å². The molecule has 0 amide bonds. The molecular weight excluding hydrogens is 324 g/mol. The summed E-state index contributed by atoms with van der Waals surface area (Å²) in [5, 5.41) is 16.7. The maximum Gasteiger partial charge on any atom is 0.244 e. The van der Waals surface area contributed by atoms with Crippen molar-refractivity contribution in [2.75, 3.05) is 21.3 Å². The first-order valence-electron chi connectivity index (χ1n) is 7.48. The van der Waals surface area contributed by atoms with Crippen molar-refractivity contribution < 1.29 is 18.9 Å². The van der Waals surface area contributed by atoms with E-state index in [4.69, 9.17) is 24.7 Å². The van der Waals surface area contributed by atoms with Gasteiger partial charge in [0.05, 0.1) is 27.2 Å². The van der Waals surface area contributed by atoms with Gasteiger partial charge in [0.15, 0.2) is 0 Å². The highest BCUT2D eigenvalue weighted by Crippen LogP contribution is 2.49. The molecule has 0 aliphatic carbocycles. The highest BCUT2D eigenvalue weighted by molar-refractivity contribution is 5.63. The summed E-state index contributed by atoms with van der Waals surface area (Å²) in [6, 6.07) is 5.60. The number of nitrogens with two attached hydrogens (primary N) is 1. The maximum absolute atomic E-state index is 9.67. The van der Waals surface area contributed by atoms with E-state index in [1.807, 2.05) is 6.92 Å². The predicted octanol–water partition coefficient (Wildman–Crippen LogP) is 1.96. The lowest BCUT2D eigenvalue weighted by molar-refractivity contribution is 0.358. The van der Waals surface area contributed by atoms with Crippen LogP contribution in [0.5, 0.6) is 23.1 Å². The molecule has 1 aromatic heterocycles.